The van der Waals surface area contributed by atoms with Gasteiger partial charge in [0.2, 0.25) is 0 Å². The summed E-state index contributed by atoms with van der Waals surface area (Å²) in [5.41, 5.74) is 7.59. The highest BCUT2D eigenvalue weighted by Crippen LogP contribution is 2.10. The molecule has 0 radical (unpaired) electrons. The SMILES string of the molecule is CCCCCCNc1ccc(C(N)=S)cc1. The van der Waals surface area contributed by atoms with Crippen LogP contribution in [0.25, 0.3) is 0 Å². The van der Waals surface area contributed by atoms with Crippen LogP contribution in [0, 0.1) is 0 Å². The summed E-state index contributed by atoms with van der Waals surface area (Å²) in [7, 11) is 0. The second-order valence-electron chi connectivity index (χ2n) is 3.93. The van der Waals surface area contributed by atoms with Gasteiger partial charge in [-0.15, -0.1) is 0 Å². The van der Waals surface area contributed by atoms with Gasteiger partial charge < -0.3 is 11.1 Å². The van der Waals surface area contributed by atoms with Gasteiger partial charge in [0.25, 0.3) is 0 Å². The monoisotopic (exact) mass is 236 g/mol. The maximum atomic E-state index is 5.53. The second-order valence-corrected chi connectivity index (χ2v) is 4.37. The van der Waals surface area contributed by atoms with Gasteiger partial charge in [-0.1, -0.05) is 38.4 Å². The van der Waals surface area contributed by atoms with E-state index in [0.717, 1.165) is 17.8 Å². The summed E-state index contributed by atoms with van der Waals surface area (Å²) in [4.78, 5) is 0.453. The largest absolute Gasteiger partial charge is 0.389 e. The third-order valence-corrected chi connectivity index (χ3v) is 2.76. The van der Waals surface area contributed by atoms with Crippen molar-refractivity contribution in [3.63, 3.8) is 0 Å². The molecule has 0 aliphatic rings. The smallest absolute Gasteiger partial charge is 0.103 e. The van der Waals surface area contributed by atoms with Crippen molar-refractivity contribution in [1.29, 1.82) is 0 Å². The Kier molecular flexibility index (Phi) is 5.86. The quantitative estimate of drug-likeness (QED) is 0.563. The minimum Gasteiger partial charge on any atom is -0.389 e. The molecule has 3 heteroatoms. The van der Waals surface area contributed by atoms with E-state index in [1.54, 1.807) is 0 Å². The number of nitrogens with one attached hydrogen (secondary N) is 1. The lowest BCUT2D eigenvalue weighted by Crippen LogP contribution is -2.09. The molecule has 0 aliphatic heterocycles. The van der Waals surface area contributed by atoms with E-state index < -0.39 is 0 Å². The molecule has 1 rings (SSSR count). The van der Waals surface area contributed by atoms with Gasteiger partial charge in [0.15, 0.2) is 0 Å². The van der Waals surface area contributed by atoms with Gasteiger partial charge in [-0.05, 0) is 30.7 Å². The number of unbranched alkanes of at least 4 members (excludes halogenated alkanes) is 3. The van der Waals surface area contributed by atoms with Crippen molar-refractivity contribution in [3.05, 3.63) is 29.8 Å². The number of thiocarbonyl (C=S) groups is 1. The molecule has 0 atom stereocenters. The third kappa shape index (κ3) is 4.62. The Balaban J connectivity index is 2.29. The minimum absolute atomic E-state index is 0.453. The van der Waals surface area contributed by atoms with Gasteiger partial charge in [-0.2, -0.15) is 0 Å². The van der Waals surface area contributed by atoms with Gasteiger partial charge >= 0.3 is 0 Å². The van der Waals surface area contributed by atoms with E-state index in [-0.39, 0.29) is 0 Å². The first-order valence-electron chi connectivity index (χ1n) is 5.87. The molecule has 88 valence electrons. The molecule has 1 aromatic rings. The Morgan fingerprint density at radius 2 is 1.88 bits per heavy atom. The first-order valence-corrected chi connectivity index (χ1v) is 6.28. The van der Waals surface area contributed by atoms with Gasteiger partial charge in [0.05, 0.1) is 0 Å². The van der Waals surface area contributed by atoms with E-state index in [4.69, 9.17) is 18.0 Å². The molecule has 0 unspecified atom stereocenters. The molecule has 0 aliphatic carbocycles. The lowest BCUT2D eigenvalue weighted by atomic mass is 10.2. The zero-order chi connectivity index (χ0) is 11.8. The average molecular weight is 236 g/mol. The summed E-state index contributed by atoms with van der Waals surface area (Å²) < 4.78 is 0. The Morgan fingerprint density at radius 1 is 1.19 bits per heavy atom. The Morgan fingerprint density at radius 3 is 2.44 bits per heavy atom. The number of hydrogen-bond acceptors (Lipinski definition) is 2. The van der Waals surface area contributed by atoms with Crippen LogP contribution in [0.1, 0.15) is 38.2 Å². The fourth-order valence-electron chi connectivity index (χ4n) is 1.54. The van der Waals surface area contributed by atoms with Crippen LogP contribution in [0.5, 0.6) is 0 Å². The van der Waals surface area contributed by atoms with Crippen LogP contribution >= 0.6 is 12.2 Å². The molecule has 1 aromatic carbocycles. The fourth-order valence-corrected chi connectivity index (χ4v) is 1.67. The molecule has 0 saturated heterocycles. The standard InChI is InChI=1S/C13H20N2S/c1-2-3-4-5-10-15-12-8-6-11(7-9-12)13(14)16/h6-9,15H,2-5,10H2,1H3,(H2,14,16). The molecule has 16 heavy (non-hydrogen) atoms. The predicted octanol–water partition coefficient (Wildman–Crippen LogP) is 3.31. The van der Waals surface area contributed by atoms with Crippen LogP contribution in [0.2, 0.25) is 0 Å². The molecule has 0 amide bonds. The molecular formula is C13H20N2S. The van der Waals surface area contributed by atoms with Crippen LogP contribution in [0.3, 0.4) is 0 Å². The maximum absolute atomic E-state index is 5.53. The molecule has 2 nitrogen and oxygen atoms in total. The van der Waals surface area contributed by atoms with Crippen molar-refractivity contribution in [2.75, 3.05) is 11.9 Å². The highest BCUT2D eigenvalue weighted by atomic mass is 32.1. The molecule has 3 N–H and O–H groups in total. The Hall–Kier alpha value is -1.09. The van der Waals surface area contributed by atoms with Gasteiger partial charge in [-0.25, -0.2) is 0 Å². The summed E-state index contributed by atoms with van der Waals surface area (Å²) in [5.74, 6) is 0. The molecule has 0 spiro atoms. The summed E-state index contributed by atoms with van der Waals surface area (Å²) in [6.45, 7) is 3.26. The van der Waals surface area contributed by atoms with Crippen LogP contribution in [-0.2, 0) is 0 Å². The molecule has 0 heterocycles. The number of nitrogens with two attached hydrogens (primary N) is 1. The first-order chi connectivity index (χ1) is 7.74. The van der Waals surface area contributed by atoms with Gasteiger partial charge in [0, 0.05) is 17.8 Å². The molecule has 0 saturated carbocycles. The minimum atomic E-state index is 0.453. The first kappa shape index (κ1) is 13.0. The topological polar surface area (TPSA) is 38.0 Å². The van der Waals surface area contributed by atoms with Crippen LogP contribution in [0.15, 0.2) is 24.3 Å². The number of anilines is 1. The average Bonchev–Trinajstić information content (AvgIpc) is 2.29. The van der Waals surface area contributed by atoms with Crippen molar-refractivity contribution in [1.82, 2.24) is 0 Å². The Bertz CT molecular complexity index is 319. The highest BCUT2D eigenvalue weighted by Gasteiger charge is 1.96. The normalized spacial score (nSPS) is 10.1. The van der Waals surface area contributed by atoms with Crippen LogP contribution in [-0.4, -0.2) is 11.5 Å². The van der Waals surface area contributed by atoms with E-state index in [1.165, 1.54) is 25.7 Å². The van der Waals surface area contributed by atoms with Crippen LogP contribution < -0.4 is 11.1 Å². The number of benzene rings is 1. The summed E-state index contributed by atoms with van der Waals surface area (Å²) in [5, 5.41) is 3.39. The van der Waals surface area contributed by atoms with E-state index in [0.29, 0.717) is 4.99 Å². The lowest BCUT2D eigenvalue weighted by Gasteiger charge is -2.06. The Labute approximate surface area is 103 Å². The summed E-state index contributed by atoms with van der Waals surface area (Å²) >= 11 is 4.90. The van der Waals surface area contributed by atoms with Gasteiger partial charge in [-0.3, -0.25) is 0 Å². The van der Waals surface area contributed by atoms with E-state index in [2.05, 4.69) is 12.2 Å². The maximum Gasteiger partial charge on any atom is 0.103 e. The van der Waals surface area contributed by atoms with E-state index in [1.807, 2.05) is 24.3 Å². The zero-order valence-electron chi connectivity index (χ0n) is 9.83. The lowest BCUT2D eigenvalue weighted by molar-refractivity contribution is 0.685. The third-order valence-electron chi connectivity index (χ3n) is 2.53. The molecule has 0 aromatic heterocycles. The second kappa shape index (κ2) is 7.23. The predicted molar refractivity (Wildman–Crippen MR) is 75.0 cm³/mol. The van der Waals surface area contributed by atoms with Crippen molar-refractivity contribution in [3.8, 4) is 0 Å². The van der Waals surface area contributed by atoms with Crippen molar-refractivity contribution < 1.29 is 0 Å². The zero-order valence-corrected chi connectivity index (χ0v) is 10.6. The number of hydrogen-bond donors (Lipinski definition) is 2. The van der Waals surface area contributed by atoms with E-state index in [9.17, 15) is 0 Å². The van der Waals surface area contributed by atoms with Crippen molar-refractivity contribution in [2.45, 2.75) is 32.6 Å². The van der Waals surface area contributed by atoms with Gasteiger partial charge in [0.1, 0.15) is 4.99 Å². The highest BCUT2D eigenvalue weighted by molar-refractivity contribution is 7.80. The summed E-state index contributed by atoms with van der Waals surface area (Å²) in [6.07, 6.45) is 5.13. The number of rotatable bonds is 7. The van der Waals surface area contributed by atoms with Crippen molar-refractivity contribution >= 4 is 22.9 Å². The molecule has 0 bridgehead atoms. The fraction of sp³-hybridized carbons (Fsp3) is 0.462. The van der Waals surface area contributed by atoms with E-state index >= 15 is 0 Å². The summed E-state index contributed by atoms with van der Waals surface area (Å²) in [6, 6.07) is 7.95. The van der Waals surface area contributed by atoms with Crippen molar-refractivity contribution in [2.24, 2.45) is 5.73 Å². The molecular weight excluding hydrogens is 216 g/mol. The van der Waals surface area contributed by atoms with Crippen LogP contribution in [0.4, 0.5) is 5.69 Å². The molecule has 0 fully saturated rings.